The summed E-state index contributed by atoms with van der Waals surface area (Å²) >= 11 is 5.82. The number of hydrogen-bond acceptors (Lipinski definition) is 2. The van der Waals surface area contributed by atoms with E-state index in [0.717, 1.165) is 17.4 Å². The summed E-state index contributed by atoms with van der Waals surface area (Å²) in [6.45, 7) is 2.35. The zero-order chi connectivity index (χ0) is 16.4. The lowest BCUT2D eigenvalue weighted by Crippen LogP contribution is -2.46. The van der Waals surface area contributed by atoms with Gasteiger partial charge in [0.2, 0.25) is 0 Å². The SMILES string of the molecule is CC(NC(=O)C(=O)NCc1ccc(Cl)cc1)C1CC2CCC1C2. The van der Waals surface area contributed by atoms with Crippen molar-refractivity contribution >= 4 is 23.4 Å². The number of carbonyl (C=O) groups excluding carboxylic acids is 2. The van der Waals surface area contributed by atoms with E-state index in [2.05, 4.69) is 10.6 Å². The van der Waals surface area contributed by atoms with Gasteiger partial charge in [0.1, 0.15) is 0 Å². The van der Waals surface area contributed by atoms with Gasteiger partial charge >= 0.3 is 11.8 Å². The second-order valence-electron chi connectivity index (χ2n) is 6.91. The maximum Gasteiger partial charge on any atom is 0.309 e. The minimum Gasteiger partial charge on any atom is -0.345 e. The van der Waals surface area contributed by atoms with Gasteiger partial charge in [-0.15, -0.1) is 0 Å². The zero-order valence-electron chi connectivity index (χ0n) is 13.3. The molecular weight excluding hydrogens is 312 g/mol. The van der Waals surface area contributed by atoms with Gasteiger partial charge in [-0.25, -0.2) is 0 Å². The van der Waals surface area contributed by atoms with Gasteiger partial charge in [-0.05, 0) is 61.6 Å². The van der Waals surface area contributed by atoms with Gasteiger partial charge in [-0.1, -0.05) is 30.2 Å². The number of fused-ring (bicyclic) bond motifs is 2. The van der Waals surface area contributed by atoms with Gasteiger partial charge in [-0.2, -0.15) is 0 Å². The number of rotatable bonds is 4. The van der Waals surface area contributed by atoms with Crippen LogP contribution in [0.4, 0.5) is 0 Å². The summed E-state index contributed by atoms with van der Waals surface area (Å²) in [6, 6.07) is 7.26. The maximum atomic E-state index is 12.0. The molecule has 0 saturated heterocycles. The van der Waals surface area contributed by atoms with Crippen LogP contribution >= 0.6 is 11.6 Å². The van der Waals surface area contributed by atoms with Gasteiger partial charge in [0.05, 0.1) is 0 Å². The van der Waals surface area contributed by atoms with Crippen LogP contribution in [0.3, 0.4) is 0 Å². The molecule has 23 heavy (non-hydrogen) atoms. The van der Waals surface area contributed by atoms with Crippen molar-refractivity contribution in [3.63, 3.8) is 0 Å². The van der Waals surface area contributed by atoms with Gasteiger partial charge < -0.3 is 10.6 Å². The summed E-state index contributed by atoms with van der Waals surface area (Å²) < 4.78 is 0. The molecule has 2 saturated carbocycles. The molecule has 5 heteroatoms. The summed E-state index contributed by atoms with van der Waals surface area (Å²) in [5.74, 6) is 0.987. The highest BCUT2D eigenvalue weighted by Gasteiger charge is 2.42. The second-order valence-corrected chi connectivity index (χ2v) is 7.35. The molecule has 1 aromatic carbocycles. The largest absolute Gasteiger partial charge is 0.345 e. The third-order valence-corrected chi connectivity index (χ3v) is 5.62. The Morgan fingerprint density at radius 3 is 2.52 bits per heavy atom. The first-order valence-corrected chi connectivity index (χ1v) is 8.74. The highest BCUT2D eigenvalue weighted by molar-refractivity contribution is 6.35. The normalized spacial score (nSPS) is 26.8. The topological polar surface area (TPSA) is 58.2 Å². The molecule has 124 valence electrons. The van der Waals surface area contributed by atoms with E-state index in [1.165, 1.54) is 25.7 Å². The summed E-state index contributed by atoms with van der Waals surface area (Å²) in [7, 11) is 0. The fraction of sp³-hybridized carbons (Fsp3) is 0.556. The molecule has 2 bridgehead atoms. The molecule has 4 nitrogen and oxygen atoms in total. The molecule has 4 atom stereocenters. The lowest BCUT2D eigenvalue weighted by Gasteiger charge is -2.28. The lowest BCUT2D eigenvalue weighted by molar-refractivity contribution is -0.140. The molecule has 4 unspecified atom stereocenters. The van der Waals surface area contributed by atoms with Gasteiger partial charge in [0.25, 0.3) is 0 Å². The third-order valence-electron chi connectivity index (χ3n) is 5.37. The number of halogens is 1. The average Bonchev–Trinajstić information content (AvgIpc) is 3.17. The minimum absolute atomic E-state index is 0.0686. The Morgan fingerprint density at radius 1 is 1.17 bits per heavy atom. The van der Waals surface area contributed by atoms with Crippen LogP contribution < -0.4 is 10.6 Å². The monoisotopic (exact) mass is 334 g/mol. The van der Waals surface area contributed by atoms with Crippen molar-refractivity contribution in [3.05, 3.63) is 34.9 Å². The quantitative estimate of drug-likeness (QED) is 0.832. The first-order chi connectivity index (χ1) is 11.0. The predicted octanol–water partition coefficient (Wildman–Crippen LogP) is 2.90. The van der Waals surface area contributed by atoms with Crippen molar-refractivity contribution in [2.45, 2.75) is 45.2 Å². The van der Waals surface area contributed by atoms with Crippen molar-refractivity contribution in [2.75, 3.05) is 0 Å². The highest BCUT2D eigenvalue weighted by Crippen LogP contribution is 2.49. The van der Waals surface area contributed by atoms with E-state index < -0.39 is 11.8 Å². The van der Waals surface area contributed by atoms with Gasteiger partial charge in [0, 0.05) is 17.6 Å². The zero-order valence-corrected chi connectivity index (χ0v) is 14.1. The van der Waals surface area contributed by atoms with E-state index >= 15 is 0 Å². The summed E-state index contributed by atoms with van der Waals surface area (Å²) in [4.78, 5) is 24.0. The molecule has 1 aromatic rings. The molecule has 2 amide bonds. The van der Waals surface area contributed by atoms with Crippen LogP contribution in [0.25, 0.3) is 0 Å². The second kappa shape index (κ2) is 6.91. The summed E-state index contributed by atoms with van der Waals surface area (Å²) in [5.41, 5.74) is 0.914. The molecule has 2 fully saturated rings. The fourth-order valence-corrected chi connectivity index (χ4v) is 4.28. The molecule has 0 radical (unpaired) electrons. The van der Waals surface area contributed by atoms with E-state index in [0.29, 0.717) is 17.5 Å². The lowest BCUT2D eigenvalue weighted by atomic mass is 9.84. The van der Waals surface area contributed by atoms with E-state index in [-0.39, 0.29) is 6.04 Å². The van der Waals surface area contributed by atoms with Crippen LogP contribution in [-0.2, 0) is 16.1 Å². The number of benzene rings is 1. The van der Waals surface area contributed by atoms with Crippen LogP contribution in [0.2, 0.25) is 5.02 Å². The number of amides is 2. The molecule has 2 N–H and O–H groups in total. The number of nitrogens with one attached hydrogen (secondary N) is 2. The molecule has 2 aliphatic rings. The fourth-order valence-electron chi connectivity index (χ4n) is 4.15. The van der Waals surface area contributed by atoms with Crippen LogP contribution in [-0.4, -0.2) is 17.9 Å². The van der Waals surface area contributed by atoms with E-state index in [1.54, 1.807) is 12.1 Å². The van der Waals surface area contributed by atoms with Crippen molar-refractivity contribution < 1.29 is 9.59 Å². The van der Waals surface area contributed by atoms with Crippen LogP contribution in [0, 0.1) is 17.8 Å². The molecule has 0 heterocycles. The van der Waals surface area contributed by atoms with E-state index in [4.69, 9.17) is 11.6 Å². The molecule has 0 aliphatic heterocycles. The van der Waals surface area contributed by atoms with Gasteiger partial charge in [-0.3, -0.25) is 9.59 Å². The smallest absolute Gasteiger partial charge is 0.309 e. The van der Waals surface area contributed by atoms with Crippen molar-refractivity contribution in [2.24, 2.45) is 17.8 Å². The standard InChI is InChI=1S/C18H23ClN2O2/c1-11(16-9-13-2-5-14(16)8-13)21-18(23)17(22)20-10-12-3-6-15(19)7-4-12/h3-4,6-7,11,13-14,16H,2,5,8-10H2,1H3,(H,20,22)(H,21,23). The van der Waals surface area contributed by atoms with E-state index in [1.807, 2.05) is 19.1 Å². The third kappa shape index (κ3) is 3.86. The first kappa shape index (κ1) is 16.3. The van der Waals surface area contributed by atoms with Crippen LogP contribution in [0.5, 0.6) is 0 Å². The minimum atomic E-state index is -0.574. The maximum absolute atomic E-state index is 12.0. The predicted molar refractivity (Wildman–Crippen MR) is 89.8 cm³/mol. The Hall–Kier alpha value is -1.55. The molecule has 3 rings (SSSR count). The van der Waals surface area contributed by atoms with Gasteiger partial charge in [0.15, 0.2) is 0 Å². The molecular formula is C18H23ClN2O2. The molecule has 0 aromatic heterocycles. The Kier molecular flexibility index (Phi) is 4.90. The Balaban J connectivity index is 1.45. The van der Waals surface area contributed by atoms with Crippen LogP contribution in [0.15, 0.2) is 24.3 Å². The first-order valence-electron chi connectivity index (χ1n) is 8.36. The molecule has 0 spiro atoms. The van der Waals surface area contributed by atoms with Crippen molar-refractivity contribution in [1.82, 2.24) is 10.6 Å². The molecule has 2 aliphatic carbocycles. The van der Waals surface area contributed by atoms with E-state index in [9.17, 15) is 9.59 Å². The van der Waals surface area contributed by atoms with Crippen molar-refractivity contribution in [1.29, 1.82) is 0 Å². The summed E-state index contributed by atoms with van der Waals surface area (Å²) in [6.07, 6.45) is 5.11. The Bertz CT molecular complexity index is 587. The van der Waals surface area contributed by atoms with Crippen molar-refractivity contribution in [3.8, 4) is 0 Å². The summed E-state index contributed by atoms with van der Waals surface area (Å²) in [5, 5.41) is 6.18. The van der Waals surface area contributed by atoms with Crippen LogP contribution in [0.1, 0.15) is 38.2 Å². The number of carbonyl (C=O) groups is 2. The Morgan fingerprint density at radius 2 is 1.91 bits per heavy atom. The highest BCUT2D eigenvalue weighted by atomic mass is 35.5. The average molecular weight is 335 g/mol. The number of hydrogen-bond donors (Lipinski definition) is 2. The Labute approximate surface area is 142 Å².